The molecule has 2 unspecified atom stereocenters. The first-order valence-corrected chi connectivity index (χ1v) is 9.16. The second-order valence-corrected chi connectivity index (χ2v) is 6.47. The molecule has 0 aromatic heterocycles. The van der Waals surface area contributed by atoms with Crippen LogP contribution >= 0.6 is 0 Å². The van der Waals surface area contributed by atoms with Crippen LogP contribution in [0.5, 0.6) is 11.5 Å². The Hall–Kier alpha value is -3.08. The molecule has 2 atom stereocenters. The van der Waals surface area contributed by atoms with Gasteiger partial charge in [-0.1, -0.05) is 0 Å². The zero-order valence-electron chi connectivity index (χ0n) is 18.1. The molecule has 0 N–H and O–H groups in total. The van der Waals surface area contributed by atoms with E-state index in [0.29, 0.717) is 0 Å². The highest BCUT2D eigenvalue weighted by Gasteiger charge is 2.54. The maximum Gasteiger partial charge on any atom is 0.338 e. The third-order valence-electron chi connectivity index (χ3n) is 5.15. The topological polar surface area (TPSA) is 108 Å². The molecule has 4 rings (SSSR count). The van der Waals surface area contributed by atoms with Crippen molar-refractivity contribution in [2.24, 2.45) is 0 Å². The van der Waals surface area contributed by atoms with Crippen LogP contribution in [0.1, 0.15) is 15.9 Å². The van der Waals surface area contributed by atoms with E-state index in [9.17, 15) is 9.59 Å². The van der Waals surface area contributed by atoms with Crippen LogP contribution in [-0.2, 0) is 33.2 Å². The molecule has 0 spiro atoms. The lowest BCUT2D eigenvalue weighted by Crippen LogP contribution is -2.53. The Balaban J connectivity index is 2.53. The molecule has 3 aliphatic rings. The molecule has 1 aromatic carbocycles. The van der Waals surface area contributed by atoms with Crippen LogP contribution in [0.3, 0.4) is 0 Å². The Morgan fingerprint density at radius 1 is 1.00 bits per heavy atom. The molecular weight excluding hydrogens is 412 g/mol. The number of hydrogen-bond acceptors (Lipinski definition) is 10. The van der Waals surface area contributed by atoms with E-state index in [2.05, 4.69) is 0 Å². The monoisotopic (exact) mass is 436 g/mol. The predicted octanol–water partition coefficient (Wildman–Crippen LogP) is 1.68. The molecule has 0 radical (unpaired) electrons. The van der Waals surface area contributed by atoms with Crippen molar-refractivity contribution in [1.82, 2.24) is 0 Å². The number of fused-ring (bicyclic) bond motifs is 4. The van der Waals surface area contributed by atoms with E-state index in [1.165, 1.54) is 54.8 Å². The Labute approximate surface area is 179 Å². The number of carbonyl (C=O) groups excluding carboxylic acids is 2. The van der Waals surface area contributed by atoms with E-state index >= 15 is 0 Å². The zero-order chi connectivity index (χ0) is 22.8. The van der Waals surface area contributed by atoms with Gasteiger partial charge in [0.2, 0.25) is 0 Å². The Morgan fingerprint density at radius 3 is 2.26 bits per heavy atom. The third-order valence-corrected chi connectivity index (χ3v) is 5.15. The molecule has 31 heavy (non-hydrogen) atoms. The molecule has 4 bridgehead atoms. The fourth-order valence-electron chi connectivity index (χ4n) is 3.77. The van der Waals surface area contributed by atoms with Gasteiger partial charge in [-0.25, -0.2) is 9.59 Å². The van der Waals surface area contributed by atoms with Crippen LogP contribution in [-0.4, -0.2) is 73.3 Å². The van der Waals surface area contributed by atoms with Crippen molar-refractivity contribution in [3.63, 3.8) is 0 Å². The van der Waals surface area contributed by atoms with Gasteiger partial charge in [-0.2, -0.15) is 0 Å². The molecule has 10 heteroatoms. The summed E-state index contributed by atoms with van der Waals surface area (Å²) in [5.41, 5.74) is 0.645. The second kappa shape index (κ2) is 8.96. The van der Waals surface area contributed by atoms with Crippen molar-refractivity contribution in [2.75, 3.05) is 49.5 Å². The molecule has 2 aliphatic heterocycles. The first-order valence-electron chi connectivity index (χ1n) is 9.16. The maximum absolute atomic E-state index is 12.8. The number of carbonyl (C=O) groups is 2. The minimum atomic E-state index is -1.64. The highest BCUT2D eigenvalue weighted by Crippen LogP contribution is 2.48. The molecule has 0 amide bonds. The molecule has 1 aliphatic carbocycles. The highest BCUT2D eigenvalue weighted by molar-refractivity contribution is 6.07. The number of benzene rings is 1. The van der Waals surface area contributed by atoms with Gasteiger partial charge in [-0.05, 0) is 12.1 Å². The van der Waals surface area contributed by atoms with Crippen molar-refractivity contribution < 1.29 is 47.5 Å². The predicted molar refractivity (Wildman–Crippen MR) is 105 cm³/mol. The second-order valence-electron chi connectivity index (χ2n) is 6.47. The van der Waals surface area contributed by atoms with Gasteiger partial charge in [-0.3, -0.25) is 0 Å². The van der Waals surface area contributed by atoms with Crippen LogP contribution in [0.4, 0.5) is 0 Å². The molecule has 1 aromatic rings. The molecular formula is C21H24O10. The molecule has 0 fully saturated rings. The van der Waals surface area contributed by atoms with E-state index in [1.54, 1.807) is 6.07 Å². The lowest BCUT2D eigenvalue weighted by Gasteiger charge is -2.43. The minimum absolute atomic E-state index is 0.0696. The molecule has 168 valence electrons. The van der Waals surface area contributed by atoms with Crippen LogP contribution in [0, 0.1) is 0 Å². The largest absolute Gasteiger partial charge is 0.496 e. The number of ether oxygens (including phenoxy) is 8. The lowest BCUT2D eigenvalue weighted by molar-refractivity contribution is -0.276. The summed E-state index contributed by atoms with van der Waals surface area (Å²) in [6.07, 6.45) is 0.326. The number of hydrogen-bond donors (Lipinski definition) is 0. The fraction of sp³-hybridized carbons (Fsp3) is 0.429. The van der Waals surface area contributed by atoms with Gasteiger partial charge >= 0.3 is 11.9 Å². The average Bonchev–Trinajstić information content (AvgIpc) is 2.81. The zero-order valence-corrected chi connectivity index (χ0v) is 18.1. The molecule has 0 saturated carbocycles. The summed E-state index contributed by atoms with van der Waals surface area (Å²) in [5, 5.41) is 0. The summed E-state index contributed by atoms with van der Waals surface area (Å²) in [6, 6.07) is 3.03. The van der Waals surface area contributed by atoms with Crippen molar-refractivity contribution in [1.29, 1.82) is 0 Å². The summed E-state index contributed by atoms with van der Waals surface area (Å²) in [6.45, 7) is -0.293. The summed E-state index contributed by atoms with van der Waals surface area (Å²) in [7, 11) is 8.10. The first-order chi connectivity index (χ1) is 14.9. The third kappa shape index (κ3) is 3.52. The summed E-state index contributed by atoms with van der Waals surface area (Å²) >= 11 is 0. The normalized spacial score (nSPS) is 22.3. The van der Waals surface area contributed by atoms with Crippen LogP contribution in [0.15, 0.2) is 29.5 Å². The minimum Gasteiger partial charge on any atom is -0.496 e. The SMILES string of the molecule is COC(=O)C1=C2c3c(OC)cc(cc3C(=O)OC)OCOC(OC)(C(OC)=C1)C2OC. The van der Waals surface area contributed by atoms with E-state index in [-0.39, 0.29) is 46.3 Å². The van der Waals surface area contributed by atoms with Gasteiger partial charge < -0.3 is 37.9 Å². The van der Waals surface area contributed by atoms with E-state index in [1.807, 2.05) is 0 Å². The van der Waals surface area contributed by atoms with E-state index < -0.39 is 23.8 Å². The molecule has 2 heterocycles. The molecule has 0 saturated heterocycles. The lowest BCUT2D eigenvalue weighted by atomic mass is 9.81. The quantitative estimate of drug-likeness (QED) is 0.611. The van der Waals surface area contributed by atoms with Crippen molar-refractivity contribution >= 4 is 17.5 Å². The number of methoxy groups -OCH3 is 6. The van der Waals surface area contributed by atoms with Gasteiger partial charge in [0, 0.05) is 31.4 Å². The van der Waals surface area contributed by atoms with E-state index in [0.717, 1.165) is 0 Å². The van der Waals surface area contributed by atoms with Crippen molar-refractivity contribution in [3.8, 4) is 11.5 Å². The molecule has 10 nitrogen and oxygen atoms in total. The number of rotatable bonds is 6. The standard InChI is InChI=1S/C21H24O10/c1-24-14-8-11-7-12(19(22)27-4)16(14)17-13(20(23)28-5)9-15(25-2)21(29-6,18(17)26-3)31-10-30-11/h7-9,18H,10H2,1-6H3. The van der Waals surface area contributed by atoms with Gasteiger partial charge in [0.25, 0.3) is 5.79 Å². The highest BCUT2D eigenvalue weighted by atomic mass is 16.8. The van der Waals surface area contributed by atoms with Crippen LogP contribution in [0.25, 0.3) is 5.57 Å². The Kier molecular flexibility index (Phi) is 6.54. The Morgan fingerprint density at radius 2 is 1.71 bits per heavy atom. The average molecular weight is 436 g/mol. The van der Waals surface area contributed by atoms with Crippen LogP contribution < -0.4 is 9.47 Å². The van der Waals surface area contributed by atoms with Crippen LogP contribution in [0.2, 0.25) is 0 Å². The smallest absolute Gasteiger partial charge is 0.338 e. The van der Waals surface area contributed by atoms with Gasteiger partial charge in [-0.15, -0.1) is 0 Å². The van der Waals surface area contributed by atoms with Crippen molar-refractivity contribution in [3.05, 3.63) is 40.7 Å². The Bertz CT molecular complexity index is 948. The number of esters is 2. The van der Waals surface area contributed by atoms with Gasteiger partial charge in [0.1, 0.15) is 17.6 Å². The van der Waals surface area contributed by atoms with Gasteiger partial charge in [0.15, 0.2) is 12.6 Å². The van der Waals surface area contributed by atoms with E-state index in [4.69, 9.17) is 37.9 Å². The first kappa shape index (κ1) is 22.6. The summed E-state index contributed by atoms with van der Waals surface area (Å²) in [4.78, 5) is 25.5. The van der Waals surface area contributed by atoms with Gasteiger partial charge in [0.05, 0.1) is 39.6 Å². The fourth-order valence-corrected chi connectivity index (χ4v) is 3.77. The maximum atomic E-state index is 12.8. The summed E-state index contributed by atoms with van der Waals surface area (Å²) in [5.74, 6) is -2.32. The summed E-state index contributed by atoms with van der Waals surface area (Å²) < 4.78 is 44.1. The van der Waals surface area contributed by atoms with Crippen molar-refractivity contribution in [2.45, 2.75) is 11.9 Å².